The van der Waals surface area contributed by atoms with Crippen molar-refractivity contribution in [3.63, 3.8) is 0 Å². The highest BCUT2D eigenvalue weighted by Gasteiger charge is 2.14. The molecule has 2 aromatic rings. The summed E-state index contributed by atoms with van der Waals surface area (Å²) in [5.41, 5.74) is 2.41. The Balaban J connectivity index is 2.26. The average molecular weight is 417 g/mol. The van der Waals surface area contributed by atoms with Gasteiger partial charge in [0.05, 0.1) is 0 Å². The largest absolute Gasteiger partial charge is 0.313 e. The summed E-state index contributed by atoms with van der Waals surface area (Å²) in [6.07, 6.45) is 2.73. The van der Waals surface area contributed by atoms with Crippen LogP contribution in [0.2, 0.25) is 0 Å². The maximum absolute atomic E-state index is 4.39. The molecule has 0 radical (unpaired) electrons. The average Bonchev–Trinajstić information content (AvgIpc) is 2.40. The number of aromatic nitrogens is 1. The highest BCUT2D eigenvalue weighted by atomic mass is 127. The molecular weight excluding hydrogens is 403 g/mol. The second kappa shape index (κ2) is 6.63. The molecule has 0 aliphatic heterocycles. The summed E-state index contributed by atoms with van der Waals surface area (Å²) < 4.78 is 2.38. The van der Waals surface area contributed by atoms with E-state index in [0.717, 1.165) is 16.6 Å². The van der Waals surface area contributed by atoms with Gasteiger partial charge in [-0.25, -0.2) is 0 Å². The number of nitrogens with one attached hydrogen (secondary N) is 1. The van der Waals surface area contributed by atoms with E-state index in [1.54, 1.807) is 0 Å². The first-order valence-electron chi connectivity index (χ1n) is 5.73. The molecule has 18 heavy (non-hydrogen) atoms. The monoisotopic (exact) mass is 416 g/mol. The minimum absolute atomic E-state index is 0.282. The van der Waals surface area contributed by atoms with E-state index in [1.807, 2.05) is 25.4 Å². The molecule has 0 aliphatic carbocycles. The van der Waals surface area contributed by atoms with Crippen LogP contribution in [0.5, 0.6) is 0 Å². The van der Waals surface area contributed by atoms with Crippen LogP contribution < -0.4 is 5.32 Å². The van der Waals surface area contributed by atoms with E-state index in [4.69, 9.17) is 0 Å². The molecule has 0 saturated heterocycles. The molecule has 4 heteroatoms. The molecule has 1 aromatic carbocycles. The molecule has 94 valence electrons. The zero-order valence-electron chi connectivity index (χ0n) is 10.0. The number of benzene rings is 1. The van der Waals surface area contributed by atoms with E-state index < -0.39 is 0 Å². The zero-order valence-corrected chi connectivity index (χ0v) is 13.8. The molecular formula is C14H14BrIN2. The number of hydrogen-bond donors (Lipinski definition) is 1. The lowest BCUT2D eigenvalue weighted by molar-refractivity contribution is 0.581. The summed E-state index contributed by atoms with van der Waals surface area (Å²) in [6.45, 7) is 0. The first-order valence-corrected chi connectivity index (χ1v) is 7.60. The summed E-state index contributed by atoms with van der Waals surface area (Å²) in [4.78, 5) is 4.39. The van der Waals surface area contributed by atoms with Crippen LogP contribution in [0, 0.1) is 3.57 Å². The third kappa shape index (κ3) is 3.52. The van der Waals surface area contributed by atoms with Gasteiger partial charge in [0.2, 0.25) is 0 Å². The molecule has 1 atom stereocenters. The Morgan fingerprint density at radius 2 is 2.17 bits per heavy atom. The van der Waals surface area contributed by atoms with Crippen molar-refractivity contribution in [2.45, 2.75) is 12.5 Å². The van der Waals surface area contributed by atoms with Gasteiger partial charge in [-0.2, -0.15) is 0 Å². The Morgan fingerprint density at radius 3 is 2.83 bits per heavy atom. The van der Waals surface area contributed by atoms with Crippen molar-refractivity contribution in [2.75, 3.05) is 7.05 Å². The summed E-state index contributed by atoms with van der Waals surface area (Å²) in [5.74, 6) is 0. The van der Waals surface area contributed by atoms with Crippen molar-refractivity contribution in [1.82, 2.24) is 10.3 Å². The molecule has 0 amide bonds. The van der Waals surface area contributed by atoms with Gasteiger partial charge in [-0.1, -0.05) is 22.0 Å². The van der Waals surface area contributed by atoms with Crippen LogP contribution in [-0.4, -0.2) is 12.0 Å². The van der Waals surface area contributed by atoms with E-state index in [-0.39, 0.29) is 6.04 Å². The SMILES string of the molecule is CNC(Cc1ccccn1)c1cc(Br)ccc1I. The second-order valence-corrected chi connectivity index (χ2v) is 6.11. The smallest absolute Gasteiger partial charge is 0.0422 e. The Labute approximate surface area is 129 Å². The molecule has 1 N–H and O–H groups in total. The van der Waals surface area contributed by atoms with Crippen molar-refractivity contribution >= 4 is 38.5 Å². The van der Waals surface area contributed by atoms with Gasteiger partial charge in [0.25, 0.3) is 0 Å². The van der Waals surface area contributed by atoms with Gasteiger partial charge < -0.3 is 5.32 Å². The lowest BCUT2D eigenvalue weighted by Gasteiger charge is -2.18. The van der Waals surface area contributed by atoms with E-state index >= 15 is 0 Å². The number of likely N-dealkylation sites (N-methyl/N-ethyl adjacent to an activating group) is 1. The van der Waals surface area contributed by atoms with Crippen LogP contribution in [-0.2, 0) is 6.42 Å². The van der Waals surface area contributed by atoms with Crippen molar-refractivity contribution in [1.29, 1.82) is 0 Å². The predicted molar refractivity (Wildman–Crippen MR) is 86.6 cm³/mol. The second-order valence-electron chi connectivity index (χ2n) is 4.03. The molecule has 1 aromatic heterocycles. The van der Waals surface area contributed by atoms with Gasteiger partial charge in [0, 0.05) is 32.4 Å². The standard InChI is InChI=1S/C14H14BrIN2/c1-17-14(9-11-4-2-3-7-18-11)12-8-10(15)5-6-13(12)16/h2-8,14,17H,9H2,1H3. The van der Waals surface area contributed by atoms with Crippen molar-refractivity contribution < 1.29 is 0 Å². The zero-order chi connectivity index (χ0) is 13.0. The number of rotatable bonds is 4. The highest BCUT2D eigenvalue weighted by molar-refractivity contribution is 14.1. The molecule has 2 nitrogen and oxygen atoms in total. The van der Waals surface area contributed by atoms with Crippen molar-refractivity contribution in [3.8, 4) is 0 Å². The molecule has 2 rings (SSSR count). The van der Waals surface area contributed by atoms with Crippen LogP contribution >= 0.6 is 38.5 Å². The molecule has 0 fully saturated rings. The topological polar surface area (TPSA) is 24.9 Å². The minimum atomic E-state index is 0.282. The van der Waals surface area contributed by atoms with Gasteiger partial charge in [-0.15, -0.1) is 0 Å². The Bertz CT molecular complexity index is 516. The van der Waals surface area contributed by atoms with Gasteiger partial charge in [0.1, 0.15) is 0 Å². The molecule has 0 aliphatic rings. The normalized spacial score (nSPS) is 12.4. The maximum Gasteiger partial charge on any atom is 0.0422 e. The molecule has 1 unspecified atom stereocenters. The Hall–Kier alpha value is -0.460. The number of hydrogen-bond acceptors (Lipinski definition) is 2. The maximum atomic E-state index is 4.39. The summed E-state index contributed by atoms with van der Waals surface area (Å²) in [5, 5.41) is 3.37. The minimum Gasteiger partial charge on any atom is -0.313 e. The van der Waals surface area contributed by atoms with Crippen LogP contribution in [0.1, 0.15) is 17.3 Å². The number of pyridine rings is 1. The quantitative estimate of drug-likeness (QED) is 0.763. The molecule has 0 spiro atoms. The Morgan fingerprint density at radius 1 is 1.33 bits per heavy atom. The predicted octanol–water partition coefficient (Wildman–Crippen LogP) is 3.95. The van der Waals surface area contributed by atoms with Crippen LogP contribution in [0.15, 0.2) is 47.1 Å². The summed E-state index contributed by atoms with van der Waals surface area (Å²) in [6, 6.07) is 12.7. The molecule has 0 saturated carbocycles. The van der Waals surface area contributed by atoms with E-state index in [0.29, 0.717) is 0 Å². The van der Waals surface area contributed by atoms with Gasteiger partial charge in [0.15, 0.2) is 0 Å². The van der Waals surface area contributed by atoms with E-state index in [9.17, 15) is 0 Å². The van der Waals surface area contributed by atoms with Gasteiger partial charge >= 0.3 is 0 Å². The highest BCUT2D eigenvalue weighted by Crippen LogP contribution is 2.26. The third-order valence-corrected chi connectivity index (χ3v) is 4.30. The Kier molecular flexibility index (Phi) is 5.14. The van der Waals surface area contributed by atoms with E-state index in [2.05, 4.69) is 73.1 Å². The third-order valence-electron chi connectivity index (χ3n) is 2.82. The van der Waals surface area contributed by atoms with Crippen LogP contribution in [0.4, 0.5) is 0 Å². The fourth-order valence-electron chi connectivity index (χ4n) is 1.88. The van der Waals surface area contributed by atoms with Gasteiger partial charge in [-0.3, -0.25) is 4.98 Å². The van der Waals surface area contributed by atoms with Crippen molar-refractivity contribution in [2.24, 2.45) is 0 Å². The first kappa shape index (κ1) is 14.0. The first-order chi connectivity index (χ1) is 8.70. The molecule has 1 heterocycles. The lowest BCUT2D eigenvalue weighted by atomic mass is 10.0. The summed E-state index contributed by atoms with van der Waals surface area (Å²) >= 11 is 5.91. The lowest BCUT2D eigenvalue weighted by Crippen LogP contribution is -2.20. The number of nitrogens with zero attached hydrogens (tertiary/aromatic N) is 1. The van der Waals surface area contributed by atoms with Gasteiger partial charge in [-0.05, 0) is 65.5 Å². The fourth-order valence-corrected chi connectivity index (χ4v) is 2.97. The fraction of sp³-hybridized carbons (Fsp3) is 0.214. The van der Waals surface area contributed by atoms with Crippen molar-refractivity contribution in [3.05, 3.63) is 61.9 Å². The van der Waals surface area contributed by atoms with E-state index in [1.165, 1.54) is 9.13 Å². The number of halogens is 2. The molecule has 0 bridgehead atoms. The van der Waals surface area contributed by atoms with Crippen LogP contribution in [0.25, 0.3) is 0 Å². The summed E-state index contributed by atoms with van der Waals surface area (Å²) in [7, 11) is 1.99. The van der Waals surface area contributed by atoms with Crippen LogP contribution in [0.3, 0.4) is 0 Å².